The highest BCUT2D eigenvalue weighted by Gasteiger charge is 2.14. The monoisotopic (exact) mass is 345 g/mol. The number of thiazole rings is 1. The Hall–Kier alpha value is -1.75. The Labute approximate surface area is 141 Å². The Bertz CT molecular complexity index is 817. The van der Waals surface area contributed by atoms with Gasteiger partial charge in [-0.2, -0.15) is 0 Å². The maximum absolute atomic E-state index is 12.3. The molecule has 0 N–H and O–H groups in total. The van der Waals surface area contributed by atoms with Crippen LogP contribution < -0.4 is 0 Å². The second kappa shape index (κ2) is 6.57. The Kier molecular flexibility index (Phi) is 4.52. The molecule has 22 heavy (non-hydrogen) atoms. The number of rotatable bonds is 4. The molecule has 0 radical (unpaired) electrons. The summed E-state index contributed by atoms with van der Waals surface area (Å²) >= 11 is 8.91. The van der Waals surface area contributed by atoms with Crippen LogP contribution in [0.5, 0.6) is 0 Å². The van der Waals surface area contributed by atoms with Crippen molar-refractivity contribution in [2.45, 2.75) is 6.92 Å². The molecule has 0 saturated carbocycles. The number of allylic oxidation sites excluding steroid dienone is 1. The summed E-state index contributed by atoms with van der Waals surface area (Å²) in [6.07, 6.45) is 3.45. The zero-order valence-electron chi connectivity index (χ0n) is 11.7. The van der Waals surface area contributed by atoms with Crippen molar-refractivity contribution >= 4 is 46.1 Å². The van der Waals surface area contributed by atoms with Gasteiger partial charge in [-0.25, -0.2) is 4.98 Å². The molecular formula is C17H12ClNOS2. The molecule has 0 amide bonds. The molecule has 2 nitrogen and oxygen atoms in total. The van der Waals surface area contributed by atoms with Gasteiger partial charge in [0.25, 0.3) is 0 Å². The fourth-order valence-electron chi connectivity index (χ4n) is 1.96. The summed E-state index contributed by atoms with van der Waals surface area (Å²) in [5.74, 6) is -0.0105. The van der Waals surface area contributed by atoms with E-state index in [1.54, 1.807) is 17.4 Å². The molecule has 0 aliphatic carbocycles. The molecule has 0 unspecified atom stereocenters. The van der Waals surface area contributed by atoms with E-state index in [4.69, 9.17) is 11.6 Å². The van der Waals surface area contributed by atoms with Gasteiger partial charge in [-0.05, 0) is 42.7 Å². The van der Waals surface area contributed by atoms with E-state index in [1.165, 1.54) is 11.3 Å². The lowest BCUT2D eigenvalue weighted by molar-refractivity contribution is 0.105. The summed E-state index contributed by atoms with van der Waals surface area (Å²) in [6, 6.07) is 11.4. The van der Waals surface area contributed by atoms with Crippen LogP contribution in [0.15, 0.2) is 47.9 Å². The van der Waals surface area contributed by atoms with Gasteiger partial charge in [-0.3, -0.25) is 4.79 Å². The lowest BCUT2D eigenvalue weighted by Gasteiger charge is -1.95. The molecule has 2 heterocycles. The van der Waals surface area contributed by atoms with Gasteiger partial charge < -0.3 is 0 Å². The summed E-state index contributed by atoms with van der Waals surface area (Å²) in [7, 11) is 0. The first-order chi connectivity index (χ1) is 10.6. The summed E-state index contributed by atoms with van der Waals surface area (Å²) in [5, 5.41) is 3.51. The van der Waals surface area contributed by atoms with E-state index < -0.39 is 0 Å². The number of hydrogen-bond donors (Lipinski definition) is 0. The normalized spacial score (nSPS) is 11.2. The smallest absolute Gasteiger partial charge is 0.197 e. The van der Waals surface area contributed by atoms with Crippen LogP contribution in [0.25, 0.3) is 16.6 Å². The van der Waals surface area contributed by atoms with Crippen LogP contribution in [0.3, 0.4) is 0 Å². The van der Waals surface area contributed by atoms with Crippen LogP contribution in [-0.2, 0) is 0 Å². The molecule has 110 valence electrons. The maximum atomic E-state index is 12.3. The van der Waals surface area contributed by atoms with Crippen molar-refractivity contribution in [2.75, 3.05) is 0 Å². The second-order valence-electron chi connectivity index (χ2n) is 4.65. The lowest BCUT2D eigenvalue weighted by Crippen LogP contribution is -1.92. The molecule has 0 atom stereocenters. The van der Waals surface area contributed by atoms with Crippen LogP contribution in [0.1, 0.15) is 20.2 Å². The summed E-state index contributed by atoms with van der Waals surface area (Å²) in [6.45, 7) is 1.86. The average Bonchev–Trinajstić information content (AvgIpc) is 3.15. The molecule has 0 bridgehead atoms. The largest absolute Gasteiger partial charge is 0.288 e. The van der Waals surface area contributed by atoms with E-state index in [-0.39, 0.29) is 5.78 Å². The van der Waals surface area contributed by atoms with Gasteiger partial charge >= 0.3 is 0 Å². The fraction of sp³-hybridized carbons (Fsp3) is 0.0588. The molecule has 0 saturated heterocycles. The highest BCUT2D eigenvalue weighted by Crippen LogP contribution is 2.29. The molecule has 3 rings (SSSR count). The van der Waals surface area contributed by atoms with Gasteiger partial charge in [-0.1, -0.05) is 29.8 Å². The van der Waals surface area contributed by atoms with E-state index >= 15 is 0 Å². The van der Waals surface area contributed by atoms with Gasteiger partial charge in [0.2, 0.25) is 0 Å². The molecule has 5 heteroatoms. The number of benzene rings is 1. The van der Waals surface area contributed by atoms with Crippen molar-refractivity contribution in [1.29, 1.82) is 0 Å². The van der Waals surface area contributed by atoms with Crippen LogP contribution in [-0.4, -0.2) is 10.8 Å². The highest BCUT2D eigenvalue weighted by molar-refractivity contribution is 7.17. The Balaban J connectivity index is 1.85. The molecule has 0 spiro atoms. The summed E-state index contributed by atoms with van der Waals surface area (Å²) < 4.78 is 0. The first kappa shape index (κ1) is 15.2. The Morgan fingerprint density at radius 3 is 2.68 bits per heavy atom. The number of carbonyl (C=O) groups is 1. The number of ketones is 1. The van der Waals surface area contributed by atoms with Crippen LogP contribution in [0.2, 0.25) is 5.02 Å². The van der Waals surface area contributed by atoms with Gasteiger partial charge in [0, 0.05) is 15.5 Å². The van der Waals surface area contributed by atoms with Crippen molar-refractivity contribution in [3.05, 3.63) is 68.3 Å². The third-order valence-electron chi connectivity index (χ3n) is 3.05. The standard InChI is InChI=1S/C17H12ClNOS2/c1-11-16(15(20)9-8-14-3-2-10-21-14)22-17(19-11)12-4-6-13(18)7-5-12/h2-10H,1H3/b9-8+. The second-order valence-corrected chi connectivity index (χ2v) is 7.07. The third kappa shape index (κ3) is 3.35. The molecule has 0 aliphatic heterocycles. The van der Waals surface area contributed by atoms with E-state index in [2.05, 4.69) is 4.98 Å². The Morgan fingerprint density at radius 2 is 2.00 bits per heavy atom. The minimum Gasteiger partial charge on any atom is -0.288 e. The van der Waals surface area contributed by atoms with Gasteiger partial charge in [-0.15, -0.1) is 22.7 Å². The highest BCUT2D eigenvalue weighted by atomic mass is 35.5. The van der Waals surface area contributed by atoms with Crippen molar-refractivity contribution < 1.29 is 4.79 Å². The van der Waals surface area contributed by atoms with E-state index in [0.717, 1.165) is 21.1 Å². The van der Waals surface area contributed by atoms with Crippen molar-refractivity contribution in [3.63, 3.8) is 0 Å². The van der Waals surface area contributed by atoms with E-state index in [0.29, 0.717) is 9.90 Å². The minimum atomic E-state index is -0.0105. The molecule has 0 aliphatic rings. The van der Waals surface area contributed by atoms with Crippen LogP contribution in [0.4, 0.5) is 0 Å². The molecule has 2 aromatic heterocycles. The van der Waals surface area contributed by atoms with E-state index in [9.17, 15) is 4.79 Å². The average molecular weight is 346 g/mol. The molecule has 1 aromatic carbocycles. The third-order valence-corrected chi connectivity index (χ3v) is 5.36. The number of nitrogens with zero attached hydrogens (tertiary/aromatic N) is 1. The number of carbonyl (C=O) groups excluding carboxylic acids is 1. The van der Waals surface area contributed by atoms with Crippen molar-refractivity contribution in [3.8, 4) is 10.6 Å². The molecule has 3 aromatic rings. The summed E-state index contributed by atoms with van der Waals surface area (Å²) in [5.41, 5.74) is 1.73. The number of halogens is 1. The number of aromatic nitrogens is 1. The zero-order valence-corrected chi connectivity index (χ0v) is 14.1. The first-order valence-corrected chi connectivity index (χ1v) is 8.70. The van der Waals surface area contributed by atoms with Crippen molar-refractivity contribution in [2.24, 2.45) is 0 Å². The maximum Gasteiger partial charge on any atom is 0.197 e. The fourth-order valence-corrected chi connectivity index (χ4v) is 3.70. The zero-order chi connectivity index (χ0) is 15.5. The number of aryl methyl sites for hydroxylation is 1. The van der Waals surface area contributed by atoms with Crippen LogP contribution >= 0.6 is 34.3 Å². The predicted octanol–water partition coefficient (Wildman–Crippen LogP) is 5.73. The number of hydrogen-bond acceptors (Lipinski definition) is 4. The van der Waals surface area contributed by atoms with Crippen LogP contribution in [0, 0.1) is 6.92 Å². The van der Waals surface area contributed by atoms with Crippen molar-refractivity contribution in [1.82, 2.24) is 4.98 Å². The predicted molar refractivity (Wildman–Crippen MR) is 95.0 cm³/mol. The van der Waals surface area contributed by atoms with Gasteiger partial charge in [0.05, 0.1) is 10.6 Å². The number of thiophene rings is 1. The Morgan fingerprint density at radius 1 is 1.23 bits per heavy atom. The minimum absolute atomic E-state index is 0.0105. The van der Waals surface area contributed by atoms with Gasteiger partial charge in [0.15, 0.2) is 5.78 Å². The van der Waals surface area contributed by atoms with Gasteiger partial charge in [0.1, 0.15) is 5.01 Å². The molecular weight excluding hydrogens is 334 g/mol. The SMILES string of the molecule is Cc1nc(-c2ccc(Cl)cc2)sc1C(=O)/C=C/c1cccs1. The molecule has 0 fully saturated rings. The lowest BCUT2D eigenvalue weighted by atomic mass is 10.2. The first-order valence-electron chi connectivity index (χ1n) is 6.63. The summed E-state index contributed by atoms with van der Waals surface area (Å²) in [4.78, 5) is 18.6. The van der Waals surface area contributed by atoms with E-state index in [1.807, 2.05) is 54.8 Å². The topological polar surface area (TPSA) is 30.0 Å². The quantitative estimate of drug-likeness (QED) is 0.446.